The van der Waals surface area contributed by atoms with Crippen LogP contribution in [0.25, 0.3) is 10.7 Å². The Hall–Kier alpha value is -0.780. The van der Waals surface area contributed by atoms with Gasteiger partial charge in [0.2, 0.25) is 0 Å². The van der Waals surface area contributed by atoms with Crippen molar-refractivity contribution in [3.05, 3.63) is 21.0 Å². The van der Waals surface area contributed by atoms with Crippen LogP contribution < -0.4 is 5.32 Å². The van der Waals surface area contributed by atoms with E-state index < -0.39 is 0 Å². The van der Waals surface area contributed by atoms with E-state index in [1.54, 1.807) is 22.7 Å². The summed E-state index contributed by atoms with van der Waals surface area (Å²) >= 11 is 3.52. The predicted octanol–water partition coefficient (Wildman–Crippen LogP) is 3.21. The van der Waals surface area contributed by atoms with E-state index in [-0.39, 0.29) is 5.41 Å². The number of rotatable bonds is 1. The number of thiazole rings is 2. The number of nitrogens with zero attached hydrogens (tertiary/aromatic N) is 2. The summed E-state index contributed by atoms with van der Waals surface area (Å²) in [6.45, 7) is 8.61. The number of nitrogens with one attached hydrogen (secondary N) is 1. The maximum Gasteiger partial charge on any atom is 0.143 e. The van der Waals surface area contributed by atoms with E-state index in [1.807, 2.05) is 0 Å². The van der Waals surface area contributed by atoms with Crippen molar-refractivity contribution in [1.82, 2.24) is 15.3 Å². The Morgan fingerprint density at radius 2 is 2.11 bits per heavy atom. The average molecular weight is 279 g/mol. The average Bonchev–Trinajstić information content (AvgIpc) is 2.94. The summed E-state index contributed by atoms with van der Waals surface area (Å²) in [5, 5.41) is 7.79. The van der Waals surface area contributed by atoms with E-state index in [0.29, 0.717) is 0 Å². The SMILES string of the molecule is CC(C)(C)c1nc(-c2nc3c(s2)CNCC3)cs1. The predicted molar refractivity (Wildman–Crippen MR) is 77.3 cm³/mol. The van der Waals surface area contributed by atoms with Gasteiger partial charge in [0.15, 0.2) is 0 Å². The monoisotopic (exact) mass is 279 g/mol. The van der Waals surface area contributed by atoms with Gasteiger partial charge in [0, 0.05) is 35.2 Å². The first-order chi connectivity index (χ1) is 8.54. The third kappa shape index (κ3) is 2.22. The van der Waals surface area contributed by atoms with Gasteiger partial charge in [-0.1, -0.05) is 20.8 Å². The van der Waals surface area contributed by atoms with E-state index in [1.165, 1.54) is 15.6 Å². The van der Waals surface area contributed by atoms with Crippen molar-refractivity contribution in [2.45, 2.75) is 39.2 Å². The molecule has 0 radical (unpaired) electrons. The molecule has 0 atom stereocenters. The van der Waals surface area contributed by atoms with E-state index in [4.69, 9.17) is 9.97 Å². The lowest BCUT2D eigenvalue weighted by atomic mass is 9.98. The molecule has 0 saturated carbocycles. The molecule has 1 N–H and O–H groups in total. The van der Waals surface area contributed by atoms with Crippen LogP contribution in [0.4, 0.5) is 0 Å². The number of aromatic nitrogens is 2. The van der Waals surface area contributed by atoms with Crippen LogP contribution in [0.3, 0.4) is 0 Å². The molecule has 0 amide bonds. The molecule has 96 valence electrons. The first-order valence-corrected chi connectivity index (χ1v) is 7.89. The van der Waals surface area contributed by atoms with Crippen LogP contribution in [0.1, 0.15) is 36.3 Å². The molecule has 0 bridgehead atoms. The molecule has 3 heterocycles. The molecule has 0 spiro atoms. The smallest absolute Gasteiger partial charge is 0.143 e. The number of fused-ring (bicyclic) bond motifs is 1. The molecule has 2 aromatic heterocycles. The summed E-state index contributed by atoms with van der Waals surface area (Å²) in [6.07, 6.45) is 1.04. The highest BCUT2D eigenvalue weighted by Crippen LogP contribution is 2.33. The highest BCUT2D eigenvalue weighted by Gasteiger charge is 2.21. The van der Waals surface area contributed by atoms with Crippen molar-refractivity contribution in [1.29, 1.82) is 0 Å². The minimum Gasteiger partial charge on any atom is -0.311 e. The largest absolute Gasteiger partial charge is 0.311 e. The Morgan fingerprint density at radius 3 is 2.78 bits per heavy atom. The van der Waals surface area contributed by atoms with Crippen molar-refractivity contribution in [2.75, 3.05) is 6.54 Å². The molecule has 3 rings (SSSR count). The lowest BCUT2D eigenvalue weighted by Crippen LogP contribution is -2.22. The number of hydrogen-bond acceptors (Lipinski definition) is 5. The van der Waals surface area contributed by atoms with Gasteiger partial charge in [0.25, 0.3) is 0 Å². The van der Waals surface area contributed by atoms with Crippen LogP contribution in [0.15, 0.2) is 5.38 Å². The second kappa shape index (κ2) is 4.40. The van der Waals surface area contributed by atoms with E-state index >= 15 is 0 Å². The second-order valence-electron chi connectivity index (χ2n) is 5.60. The van der Waals surface area contributed by atoms with Crippen molar-refractivity contribution in [3.63, 3.8) is 0 Å². The molecular weight excluding hydrogens is 262 g/mol. The fourth-order valence-corrected chi connectivity index (χ4v) is 3.96. The van der Waals surface area contributed by atoms with Crippen molar-refractivity contribution in [2.24, 2.45) is 0 Å². The van der Waals surface area contributed by atoms with Crippen molar-refractivity contribution in [3.8, 4) is 10.7 Å². The topological polar surface area (TPSA) is 37.8 Å². The fraction of sp³-hybridized carbons (Fsp3) is 0.538. The van der Waals surface area contributed by atoms with Gasteiger partial charge in [-0.05, 0) is 0 Å². The second-order valence-corrected chi connectivity index (χ2v) is 7.55. The maximum atomic E-state index is 4.74. The maximum absolute atomic E-state index is 4.74. The van der Waals surface area contributed by atoms with Gasteiger partial charge < -0.3 is 5.32 Å². The zero-order valence-electron chi connectivity index (χ0n) is 10.9. The summed E-state index contributed by atoms with van der Waals surface area (Å²) in [4.78, 5) is 10.9. The molecule has 0 fully saturated rings. The van der Waals surface area contributed by atoms with Crippen molar-refractivity contribution < 1.29 is 0 Å². The lowest BCUT2D eigenvalue weighted by molar-refractivity contribution is 0.586. The Labute approximate surface area is 115 Å². The van der Waals surface area contributed by atoms with Gasteiger partial charge in [-0.3, -0.25) is 0 Å². The van der Waals surface area contributed by atoms with Gasteiger partial charge in [0.05, 0.1) is 10.7 Å². The van der Waals surface area contributed by atoms with E-state index in [9.17, 15) is 0 Å². The molecule has 0 aromatic carbocycles. The van der Waals surface area contributed by atoms with Gasteiger partial charge in [-0.2, -0.15) is 0 Å². The molecular formula is C13H17N3S2. The molecule has 0 unspecified atom stereocenters. The minimum absolute atomic E-state index is 0.126. The quantitative estimate of drug-likeness (QED) is 0.871. The van der Waals surface area contributed by atoms with Gasteiger partial charge in [-0.15, -0.1) is 22.7 Å². The zero-order chi connectivity index (χ0) is 12.8. The van der Waals surface area contributed by atoms with E-state index in [0.717, 1.165) is 30.2 Å². The molecule has 1 aliphatic heterocycles. The normalized spacial score (nSPS) is 15.7. The first-order valence-electron chi connectivity index (χ1n) is 6.20. The van der Waals surface area contributed by atoms with E-state index in [2.05, 4.69) is 31.5 Å². The Bertz CT molecular complexity index is 540. The highest BCUT2D eigenvalue weighted by atomic mass is 32.1. The summed E-state index contributed by atoms with van der Waals surface area (Å²) in [7, 11) is 0. The minimum atomic E-state index is 0.126. The molecule has 1 aliphatic rings. The molecule has 0 saturated heterocycles. The zero-order valence-corrected chi connectivity index (χ0v) is 12.5. The third-order valence-electron chi connectivity index (χ3n) is 2.97. The van der Waals surface area contributed by atoms with Crippen molar-refractivity contribution >= 4 is 22.7 Å². The van der Waals surface area contributed by atoms with Crippen LogP contribution >= 0.6 is 22.7 Å². The standard InChI is InChI=1S/C13H17N3S2/c1-13(2,3)12-16-9(7-17-12)11-15-8-4-5-14-6-10(8)18-11/h7,14H,4-6H2,1-3H3. The Balaban J connectivity index is 1.95. The van der Waals surface area contributed by atoms with Crippen LogP contribution in [-0.2, 0) is 18.4 Å². The van der Waals surface area contributed by atoms with Crippen LogP contribution in [0.5, 0.6) is 0 Å². The third-order valence-corrected chi connectivity index (χ3v) is 5.36. The Kier molecular flexibility index (Phi) is 3.00. The summed E-state index contributed by atoms with van der Waals surface area (Å²) < 4.78 is 0. The summed E-state index contributed by atoms with van der Waals surface area (Å²) in [5.74, 6) is 0. The molecule has 18 heavy (non-hydrogen) atoms. The number of hydrogen-bond donors (Lipinski definition) is 1. The van der Waals surface area contributed by atoms with Gasteiger partial charge in [-0.25, -0.2) is 9.97 Å². The molecule has 0 aliphatic carbocycles. The highest BCUT2D eigenvalue weighted by molar-refractivity contribution is 7.15. The molecule has 3 nitrogen and oxygen atoms in total. The lowest BCUT2D eigenvalue weighted by Gasteiger charge is -2.13. The van der Waals surface area contributed by atoms with Gasteiger partial charge >= 0.3 is 0 Å². The summed E-state index contributed by atoms with van der Waals surface area (Å²) in [6, 6.07) is 0. The first kappa shape index (κ1) is 12.3. The fourth-order valence-electron chi connectivity index (χ4n) is 1.95. The van der Waals surface area contributed by atoms with Crippen LogP contribution in [0.2, 0.25) is 0 Å². The van der Waals surface area contributed by atoms with Gasteiger partial charge in [0.1, 0.15) is 10.7 Å². The summed E-state index contributed by atoms with van der Waals surface area (Å²) in [5.41, 5.74) is 2.44. The van der Waals surface area contributed by atoms with Crippen LogP contribution in [0, 0.1) is 0 Å². The molecule has 2 aromatic rings. The van der Waals surface area contributed by atoms with Crippen LogP contribution in [-0.4, -0.2) is 16.5 Å². The molecule has 5 heteroatoms. The Morgan fingerprint density at radius 1 is 1.28 bits per heavy atom.